The number of hydrogen-bond acceptors (Lipinski definition) is 4. The van der Waals surface area contributed by atoms with Crippen molar-refractivity contribution in [3.63, 3.8) is 0 Å². The van der Waals surface area contributed by atoms with Gasteiger partial charge in [0, 0.05) is 61.8 Å². The Kier molecular flexibility index (Phi) is 9.53. The fraction of sp³-hybridized carbons (Fsp3) is 0.500. The van der Waals surface area contributed by atoms with Crippen molar-refractivity contribution in [2.75, 3.05) is 32.7 Å². The van der Waals surface area contributed by atoms with Gasteiger partial charge < -0.3 is 15.6 Å². The number of H-pyrrole nitrogens is 1. The number of piperazine rings is 1. The summed E-state index contributed by atoms with van der Waals surface area (Å²) >= 11 is 0. The van der Waals surface area contributed by atoms with Gasteiger partial charge in [-0.2, -0.15) is 13.2 Å². The lowest BCUT2D eigenvalue weighted by Crippen LogP contribution is -2.55. The first-order chi connectivity index (χ1) is 20.2. The molecule has 0 radical (unpaired) electrons. The number of para-hydroxylation sites is 1. The van der Waals surface area contributed by atoms with Gasteiger partial charge in [-0.1, -0.05) is 62.6 Å². The highest BCUT2D eigenvalue weighted by atomic mass is 19.4. The first-order valence-electron chi connectivity index (χ1n) is 15.0. The fourth-order valence-electron chi connectivity index (χ4n) is 6.47. The Hall–Kier alpha value is -3.37. The van der Waals surface area contributed by atoms with Crippen molar-refractivity contribution in [2.45, 2.75) is 69.8 Å². The van der Waals surface area contributed by atoms with Crippen molar-refractivity contribution in [2.24, 2.45) is 0 Å². The summed E-state index contributed by atoms with van der Waals surface area (Å²) in [7, 11) is 0. The largest absolute Gasteiger partial charge is 0.416 e. The van der Waals surface area contributed by atoms with E-state index in [1.165, 1.54) is 50.3 Å². The number of aromatic amines is 1. The molecule has 1 aromatic heterocycles. The van der Waals surface area contributed by atoms with Gasteiger partial charge in [0.15, 0.2) is 0 Å². The van der Waals surface area contributed by atoms with Crippen LogP contribution >= 0.6 is 0 Å². The lowest BCUT2D eigenvalue weighted by Gasteiger charge is -2.40. The quantitative estimate of drug-likeness (QED) is 0.330. The van der Waals surface area contributed by atoms with Crippen molar-refractivity contribution in [3.8, 4) is 0 Å². The molecule has 1 aliphatic heterocycles. The lowest BCUT2D eigenvalue weighted by molar-refractivity contribution is -0.138. The van der Waals surface area contributed by atoms with Crippen molar-refractivity contribution in [3.05, 3.63) is 71.4 Å². The predicted molar refractivity (Wildman–Crippen MR) is 157 cm³/mol. The van der Waals surface area contributed by atoms with E-state index < -0.39 is 29.6 Å². The number of alkyl halides is 3. The van der Waals surface area contributed by atoms with Gasteiger partial charge in [-0.3, -0.25) is 19.4 Å². The molecule has 42 heavy (non-hydrogen) atoms. The van der Waals surface area contributed by atoms with Gasteiger partial charge in [-0.05, 0) is 36.1 Å². The molecule has 2 aliphatic rings. The van der Waals surface area contributed by atoms with Crippen LogP contribution in [0.5, 0.6) is 0 Å². The Morgan fingerprint density at radius 1 is 0.976 bits per heavy atom. The van der Waals surface area contributed by atoms with Crippen molar-refractivity contribution in [1.29, 1.82) is 0 Å². The zero-order chi connectivity index (χ0) is 29.7. The molecule has 2 fully saturated rings. The third kappa shape index (κ3) is 7.15. The van der Waals surface area contributed by atoms with Gasteiger partial charge in [-0.25, -0.2) is 0 Å². The summed E-state index contributed by atoms with van der Waals surface area (Å²) in [5.41, 5.74) is 0.935. The van der Waals surface area contributed by atoms with Crippen LogP contribution in [-0.4, -0.2) is 71.4 Å². The summed E-state index contributed by atoms with van der Waals surface area (Å²) in [5, 5.41) is 6.53. The Morgan fingerprint density at radius 3 is 2.40 bits per heavy atom. The predicted octanol–water partition coefficient (Wildman–Crippen LogP) is 5.04. The normalized spacial score (nSPS) is 19.0. The average Bonchev–Trinajstić information content (AvgIpc) is 3.43. The first kappa shape index (κ1) is 30.1. The molecule has 3 aromatic rings. The Balaban J connectivity index is 1.27. The number of hydrogen-bond donors (Lipinski definition) is 3. The summed E-state index contributed by atoms with van der Waals surface area (Å²) in [6.45, 7) is 5.13. The van der Waals surface area contributed by atoms with E-state index in [9.17, 15) is 22.8 Å². The second kappa shape index (κ2) is 13.3. The minimum atomic E-state index is -4.53. The molecule has 2 unspecified atom stereocenters. The second-order valence-corrected chi connectivity index (χ2v) is 11.6. The minimum Gasteiger partial charge on any atom is -0.361 e. The molecule has 1 saturated carbocycles. The Morgan fingerprint density at radius 2 is 1.67 bits per heavy atom. The number of aromatic nitrogens is 1. The minimum absolute atomic E-state index is 0.0287. The summed E-state index contributed by atoms with van der Waals surface area (Å²) in [5.74, 6) is -1.24. The smallest absolute Gasteiger partial charge is 0.361 e. The fourth-order valence-corrected chi connectivity index (χ4v) is 6.47. The molecule has 2 amide bonds. The highest BCUT2D eigenvalue weighted by Gasteiger charge is 2.34. The summed E-state index contributed by atoms with van der Waals surface area (Å²) in [4.78, 5) is 34.7. The maximum atomic E-state index is 13.6. The van der Waals surface area contributed by atoms with E-state index in [2.05, 4.69) is 25.4 Å². The summed E-state index contributed by atoms with van der Waals surface area (Å²) in [6.07, 6.45) is 3.67. The van der Waals surface area contributed by atoms with E-state index >= 15 is 0 Å². The van der Waals surface area contributed by atoms with Gasteiger partial charge in [0.1, 0.15) is 6.04 Å². The van der Waals surface area contributed by atoms with Gasteiger partial charge in [0.25, 0.3) is 0 Å². The van der Waals surface area contributed by atoms with Crippen LogP contribution in [0, 0.1) is 0 Å². The number of fused-ring (bicyclic) bond motifs is 1. The number of carbonyl (C=O) groups is 2. The van der Waals surface area contributed by atoms with Crippen molar-refractivity contribution in [1.82, 2.24) is 25.4 Å². The molecule has 10 heteroatoms. The third-order valence-electron chi connectivity index (χ3n) is 8.85. The molecule has 226 valence electrons. The number of carbonyl (C=O) groups excluding carboxylic acids is 2. The van der Waals surface area contributed by atoms with E-state index in [-0.39, 0.29) is 24.6 Å². The van der Waals surface area contributed by atoms with E-state index in [4.69, 9.17) is 0 Å². The van der Waals surface area contributed by atoms with E-state index in [1.54, 1.807) is 0 Å². The highest BCUT2D eigenvalue weighted by Crippen LogP contribution is 2.32. The van der Waals surface area contributed by atoms with Crippen LogP contribution in [0.25, 0.3) is 10.9 Å². The molecule has 0 bridgehead atoms. The monoisotopic (exact) mass is 583 g/mol. The molecular weight excluding hydrogens is 543 g/mol. The van der Waals surface area contributed by atoms with E-state index in [0.29, 0.717) is 6.04 Å². The van der Waals surface area contributed by atoms with E-state index in [1.807, 2.05) is 37.4 Å². The van der Waals surface area contributed by atoms with Gasteiger partial charge in [0.05, 0.1) is 12.1 Å². The van der Waals surface area contributed by atoms with Crippen LogP contribution in [0.3, 0.4) is 0 Å². The third-order valence-corrected chi connectivity index (χ3v) is 8.85. The number of amides is 2. The molecule has 1 saturated heterocycles. The maximum absolute atomic E-state index is 13.6. The zero-order valence-corrected chi connectivity index (χ0v) is 24.1. The molecule has 2 aromatic carbocycles. The lowest BCUT2D eigenvalue weighted by atomic mass is 9.92. The standard InChI is InChI=1S/C32H40F3N5O2/c1-22(26-20-36-28-14-8-6-12-25(26)28)30(31(42)37-19-23-9-5-7-13-27(23)32(33,34)35)38-29(41)21-39-15-17-40(18-16-39)24-10-3-2-4-11-24/h5-9,12-14,20,22,24,30,36H,2-4,10-11,15-19,21H2,1H3,(H,37,42)(H,38,41). The summed E-state index contributed by atoms with van der Waals surface area (Å²) in [6, 6.07) is 12.5. The number of nitrogens with zero attached hydrogens (tertiary/aromatic N) is 2. The Bertz CT molecular complexity index is 1360. The summed E-state index contributed by atoms with van der Waals surface area (Å²) < 4.78 is 40.6. The van der Waals surface area contributed by atoms with Crippen LogP contribution in [-0.2, 0) is 22.3 Å². The highest BCUT2D eigenvalue weighted by molar-refractivity contribution is 5.91. The molecule has 2 heterocycles. The number of benzene rings is 2. The van der Waals surface area contributed by atoms with Crippen LogP contribution in [0.15, 0.2) is 54.7 Å². The SMILES string of the molecule is CC(c1c[nH]c2ccccc12)C(NC(=O)CN1CCN(C2CCCCC2)CC1)C(=O)NCc1ccccc1C(F)(F)F. The van der Waals surface area contributed by atoms with Gasteiger partial charge >= 0.3 is 6.18 Å². The van der Waals surface area contributed by atoms with Crippen LogP contribution in [0.1, 0.15) is 61.6 Å². The molecule has 3 N–H and O–H groups in total. The van der Waals surface area contributed by atoms with Gasteiger partial charge in [-0.15, -0.1) is 0 Å². The molecular formula is C32H40F3N5O2. The van der Waals surface area contributed by atoms with Crippen molar-refractivity contribution >= 4 is 22.7 Å². The molecule has 0 spiro atoms. The Labute approximate surface area is 244 Å². The van der Waals surface area contributed by atoms with E-state index in [0.717, 1.165) is 48.7 Å². The number of nitrogens with one attached hydrogen (secondary N) is 3. The second-order valence-electron chi connectivity index (χ2n) is 11.6. The maximum Gasteiger partial charge on any atom is 0.416 e. The van der Waals surface area contributed by atoms with Crippen LogP contribution < -0.4 is 10.6 Å². The van der Waals surface area contributed by atoms with Gasteiger partial charge in [0.2, 0.25) is 11.8 Å². The molecule has 1 aliphatic carbocycles. The van der Waals surface area contributed by atoms with Crippen LogP contribution in [0.4, 0.5) is 13.2 Å². The molecule has 2 atom stereocenters. The topological polar surface area (TPSA) is 80.5 Å². The number of halogens is 3. The average molecular weight is 584 g/mol. The molecule has 5 rings (SSSR count). The zero-order valence-electron chi connectivity index (χ0n) is 24.1. The van der Waals surface area contributed by atoms with Crippen LogP contribution in [0.2, 0.25) is 0 Å². The molecule has 7 nitrogen and oxygen atoms in total. The van der Waals surface area contributed by atoms with Crippen molar-refractivity contribution < 1.29 is 22.8 Å². The first-order valence-corrected chi connectivity index (χ1v) is 15.0. The number of rotatable bonds is 9.